The molecule has 2 nitrogen and oxygen atoms in total. The molecule has 16 heavy (non-hydrogen) atoms. The second-order valence-electron chi connectivity index (χ2n) is 3.62. The number of nitrogens with zero attached hydrogens (tertiary/aromatic N) is 1. The number of pyridine rings is 1. The quantitative estimate of drug-likeness (QED) is 0.780. The molecule has 0 amide bonds. The van der Waals surface area contributed by atoms with E-state index in [1.807, 2.05) is 18.2 Å². The average Bonchev–Trinajstić information content (AvgIpc) is 2.39. The van der Waals surface area contributed by atoms with Crippen molar-refractivity contribution in [2.45, 2.75) is 13.3 Å². The van der Waals surface area contributed by atoms with Gasteiger partial charge in [-0.05, 0) is 24.1 Å². The first-order valence-electron chi connectivity index (χ1n) is 5.44. The number of aryl methyl sites for hydroxylation is 1. The van der Waals surface area contributed by atoms with Gasteiger partial charge in [0.25, 0.3) is 0 Å². The van der Waals surface area contributed by atoms with Crippen LogP contribution >= 0.6 is 0 Å². The van der Waals surface area contributed by atoms with E-state index in [4.69, 9.17) is 4.74 Å². The van der Waals surface area contributed by atoms with Crippen molar-refractivity contribution in [3.8, 4) is 17.1 Å². The molecule has 0 bridgehead atoms. The van der Waals surface area contributed by atoms with Crippen molar-refractivity contribution in [2.24, 2.45) is 0 Å². The fourth-order valence-electron chi connectivity index (χ4n) is 1.64. The van der Waals surface area contributed by atoms with Crippen LogP contribution in [-0.2, 0) is 6.42 Å². The Bertz CT molecular complexity index is 434. The normalized spacial score (nSPS) is 10.1. The third-order valence-corrected chi connectivity index (χ3v) is 2.56. The number of ether oxygens (including phenoxy) is 1. The maximum absolute atomic E-state index is 5.12. The summed E-state index contributed by atoms with van der Waals surface area (Å²) in [5.41, 5.74) is 3.41. The summed E-state index contributed by atoms with van der Waals surface area (Å²) in [6.45, 7) is 2.15. The summed E-state index contributed by atoms with van der Waals surface area (Å²) in [5, 5.41) is 0. The number of methoxy groups -OCH3 is 1. The van der Waals surface area contributed by atoms with Crippen molar-refractivity contribution in [3.63, 3.8) is 0 Å². The Kier molecular flexibility index (Phi) is 3.20. The zero-order valence-corrected chi connectivity index (χ0v) is 9.60. The van der Waals surface area contributed by atoms with Crippen LogP contribution < -0.4 is 4.74 Å². The van der Waals surface area contributed by atoms with Crippen molar-refractivity contribution in [3.05, 3.63) is 48.0 Å². The second kappa shape index (κ2) is 4.79. The molecule has 0 aliphatic rings. The van der Waals surface area contributed by atoms with Gasteiger partial charge in [0.1, 0.15) is 0 Å². The van der Waals surface area contributed by atoms with E-state index < -0.39 is 0 Å². The van der Waals surface area contributed by atoms with Gasteiger partial charge < -0.3 is 4.74 Å². The van der Waals surface area contributed by atoms with Gasteiger partial charge in [-0.25, -0.2) is 4.98 Å². The van der Waals surface area contributed by atoms with Crippen LogP contribution in [0.25, 0.3) is 11.3 Å². The molecule has 2 rings (SSSR count). The van der Waals surface area contributed by atoms with E-state index in [2.05, 4.69) is 36.2 Å². The molecule has 0 atom stereocenters. The molecule has 2 heteroatoms. The van der Waals surface area contributed by atoms with Crippen LogP contribution in [0.1, 0.15) is 12.5 Å². The topological polar surface area (TPSA) is 22.1 Å². The summed E-state index contributed by atoms with van der Waals surface area (Å²) in [5.74, 6) is 0.652. The smallest absolute Gasteiger partial charge is 0.213 e. The third kappa shape index (κ3) is 2.22. The Morgan fingerprint density at radius 1 is 1.12 bits per heavy atom. The predicted octanol–water partition coefficient (Wildman–Crippen LogP) is 3.32. The standard InChI is InChI=1S/C14H15NO/c1-3-11-6-4-7-12(10-11)13-8-5-9-14(15-13)16-2/h4-10H,3H2,1-2H3. The highest BCUT2D eigenvalue weighted by atomic mass is 16.5. The van der Waals surface area contributed by atoms with Gasteiger partial charge in [0.15, 0.2) is 0 Å². The molecule has 0 saturated heterocycles. The largest absolute Gasteiger partial charge is 0.481 e. The van der Waals surface area contributed by atoms with Crippen molar-refractivity contribution < 1.29 is 4.74 Å². The molecule has 0 aliphatic heterocycles. The minimum atomic E-state index is 0.652. The molecule has 1 aromatic carbocycles. The summed E-state index contributed by atoms with van der Waals surface area (Å²) in [6, 6.07) is 14.2. The van der Waals surface area contributed by atoms with Gasteiger partial charge in [-0.1, -0.05) is 31.2 Å². The lowest BCUT2D eigenvalue weighted by molar-refractivity contribution is 0.398. The Hall–Kier alpha value is -1.83. The van der Waals surface area contributed by atoms with Gasteiger partial charge in [-0.15, -0.1) is 0 Å². The zero-order chi connectivity index (χ0) is 11.4. The molecule has 82 valence electrons. The second-order valence-corrected chi connectivity index (χ2v) is 3.62. The molecular weight excluding hydrogens is 198 g/mol. The maximum Gasteiger partial charge on any atom is 0.213 e. The Balaban J connectivity index is 2.41. The molecular formula is C14H15NO. The molecule has 0 aliphatic carbocycles. The van der Waals surface area contributed by atoms with Gasteiger partial charge >= 0.3 is 0 Å². The van der Waals surface area contributed by atoms with Crippen molar-refractivity contribution in [2.75, 3.05) is 7.11 Å². The van der Waals surface area contributed by atoms with Crippen molar-refractivity contribution in [1.82, 2.24) is 4.98 Å². The van der Waals surface area contributed by atoms with Crippen LogP contribution in [0.4, 0.5) is 0 Å². The van der Waals surface area contributed by atoms with E-state index in [0.717, 1.165) is 17.7 Å². The van der Waals surface area contributed by atoms with E-state index in [9.17, 15) is 0 Å². The van der Waals surface area contributed by atoms with Crippen LogP contribution in [0, 0.1) is 0 Å². The molecule has 1 heterocycles. The molecule has 2 aromatic rings. The SMILES string of the molecule is CCc1cccc(-c2cccc(OC)n2)c1. The predicted molar refractivity (Wildman–Crippen MR) is 65.6 cm³/mol. The molecule has 0 radical (unpaired) electrons. The molecule has 1 aromatic heterocycles. The lowest BCUT2D eigenvalue weighted by Gasteiger charge is -2.05. The van der Waals surface area contributed by atoms with E-state index in [1.54, 1.807) is 7.11 Å². The number of rotatable bonds is 3. The van der Waals surface area contributed by atoms with Gasteiger partial charge in [-0.2, -0.15) is 0 Å². The molecule has 0 saturated carbocycles. The highest BCUT2D eigenvalue weighted by Gasteiger charge is 2.01. The summed E-state index contributed by atoms with van der Waals surface area (Å²) in [7, 11) is 1.63. The fraction of sp³-hybridized carbons (Fsp3) is 0.214. The van der Waals surface area contributed by atoms with Crippen LogP contribution in [-0.4, -0.2) is 12.1 Å². The van der Waals surface area contributed by atoms with Crippen LogP contribution in [0.3, 0.4) is 0 Å². The monoisotopic (exact) mass is 213 g/mol. The highest BCUT2D eigenvalue weighted by molar-refractivity contribution is 5.60. The minimum Gasteiger partial charge on any atom is -0.481 e. The molecule has 0 spiro atoms. The van der Waals surface area contributed by atoms with Gasteiger partial charge in [-0.3, -0.25) is 0 Å². The first kappa shape index (κ1) is 10.7. The zero-order valence-electron chi connectivity index (χ0n) is 9.60. The molecule has 0 fully saturated rings. The molecule has 0 N–H and O–H groups in total. The van der Waals surface area contributed by atoms with E-state index >= 15 is 0 Å². The van der Waals surface area contributed by atoms with Gasteiger partial charge in [0, 0.05) is 11.6 Å². The average molecular weight is 213 g/mol. The van der Waals surface area contributed by atoms with E-state index in [-0.39, 0.29) is 0 Å². The summed E-state index contributed by atoms with van der Waals surface area (Å²) < 4.78 is 5.12. The van der Waals surface area contributed by atoms with Crippen molar-refractivity contribution in [1.29, 1.82) is 0 Å². The molecule has 0 unspecified atom stereocenters. The first-order chi connectivity index (χ1) is 7.83. The minimum absolute atomic E-state index is 0.652. The van der Waals surface area contributed by atoms with Crippen molar-refractivity contribution >= 4 is 0 Å². The lowest BCUT2D eigenvalue weighted by Crippen LogP contribution is -1.90. The van der Waals surface area contributed by atoms with Gasteiger partial charge in [0.2, 0.25) is 5.88 Å². The number of hydrogen-bond donors (Lipinski definition) is 0. The fourth-order valence-corrected chi connectivity index (χ4v) is 1.64. The highest BCUT2D eigenvalue weighted by Crippen LogP contribution is 2.20. The lowest BCUT2D eigenvalue weighted by atomic mass is 10.1. The van der Waals surface area contributed by atoms with Crippen LogP contribution in [0.5, 0.6) is 5.88 Å². The Morgan fingerprint density at radius 3 is 2.69 bits per heavy atom. The van der Waals surface area contributed by atoms with E-state index in [1.165, 1.54) is 5.56 Å². The van der Waals surface area contributed by atoms with Gasteiger partial charge in [0.05, 0.1) is 12.8 Å². The van der Waals surface area contributed by atoms with Crippen LogP contribution in [0.2, 0.25) is 0 Å². The number of benzene rings is 1. The third-order valence-electron chi connectivity index (χ3n) is 2.56. The van der Waals surface area contributed by atoms with Crippen LogP contribution in [0.15, 0.2) is 42.5 Å². The Labute approximate surface area is 95.9 Å². The summed E-state index contributed by atoms with van der Waals surface area (Å²) >= 11 is 0. The number of aromatic nitrogens is 1. The summed E-state index contributed by atoms with van der Waals surface area (Å²) in [4.78, 5) is 4.41. The summed E-state index contributed by atoms with van der Waals surface area (Å²) in [6.07, 6.45) is 1.04. The first-order valence-corrected chi connectivity index (χ1v) is 5.44. The maximum atomic E-state index is 5.12. The Morgan fingerprint density at radius 2 is 1.94 bits per heavy atom. The number of hydrogen-bond acceptors (Lipinski definition) is 2. The van der Waals surface area contributed by atoms with E-state index in [0.29, 0.717) is 5.88 Å².